The molecule has 1 saturated heterocycles. The molecule has 2 unspecified atom stereocenters. The van der Waals surface area contributed by atoms with Crippen LogP contribution >= 0.6 is 11.6 Å². The lowest BCUT2D eigenvalue weighted by Gasteiger charge is -2.25. The van der Waals surface area contributed by atoms with Gasteiger partial charge in [0.2, 0.25) is 0 Å². The van der Waals surface area contributed by atoms with Gasteiger partial charge in [-0.2, -0.15) is 0 Å². The van der Waals surface area contributed by atoms with E-state index in [1.54, 1.807) is 17.0 Å². The number of phenols is 1. The molecule has 1 heterocycles. The Balaban J connectivity index is 2.22. The van der Waals surface area contributed by atoms with Crippen molar-refractivity contribution in [3.8, 4) is 11.5 Å². The maximum Gasteiger partial charge on any atom is 0.254 e. The van der Waals surface area contributed by atoms with E-state index in [-0.39, 0.29) is 17.7 Å². The smallest absolute Gasteiger partial charge is 0.254 e. The fourth-order valence-corrected chi connectivity index (χ4v) is 2.96. The van der Waals surface area contributed by atoms with E-state index in [4.69, 9.17) is 16.3 Å². The van der Waals surface area contributed by atoms with Crippen LogP contribution in [0.2, 0.25) is 0 Å². The lowest BCUT2D eigenvalue weighted by atomic mass is 10.0. The molecule has 1 aromatic rings. The van der Waals surface area contributed by atoms with E-state index >= 15 is 0 Å². The highest BCUT2D eigenvalue weighted by atomic mass is 35.5. The van der Waals surface area contributed by atoms with Gasteiger partial charge in [0.15, 0.2) is 11.5 Å². The molecule has 5 heteroatoms. The normalized spacial score (nSPS) is 22.6. The summed E-state index contributed by atoms with van der Waals surface area (Å²) in [6, 6.07) is 4.76. The van der Waals surface area contributed by atoms with Crippen LogP contribution < -0.4 is 4.74 Å². The van der Waals surface area contributed by atoms with E-state index in [0.29, 0.717) is 29.7 Å². The van der Waals surface area contributed by atoms with Crippen LogP contribution in [0.5, 0.6) is 11.5 Å². The minimum Gasteiger partial charge on any atom is -0.504 e. The van der Waals surface area contributed by atoms with Crippen LogP contribution in [0.3, 0.4) is 0 Å². The van der Waals surface area contributed by atoms with Gasteiger partial charge in [-0.15, -0.1) is 11.6 Å². The van der Waals surface area contributed by atoms with E-state index in [1.807, 2.05) is 0 Å². The van der Waals surface area contributed by atoms with Crippen LogP contribution in [0.15, 0.2) is 18.2 Å². The molecule has 0 radical (unpaired) electrons. The van der Waals surface area contributed by atoms with E-state index in [2.05, 4.69) is 6.92 Å². The third-order valence-corrected chi connectivity index (χ3v) is 4.04. The van der Waals surface area contributed by atoms with Crippen molar-refractivity contribution >= 4 is 17.5 Å². The lowest BCUT2D eigenvalue weighted by Crippen LogP contribution is -2.38. The molecule has 104 valence electrons. The molecule has 2 atom stereocenters. The fourth-order valence-electron chi connectivity index (χ4n) is 2.48. The summed E-state index contributed by atoms with van der Waals surface area (Å²) < 4.78 is 4.97. The summed E-state index contributed by atoms with van der Waals surface area (Å²) in [5, 5.41) is 9.74. The number of alkyl halides is 1. The summed E-state index contributed by atoms with van der Waals surface area (Å²) in [4.78, 5) is 14.2. The second-order valence-corrected chi connectivity index (χ2v) is 5.18. The molecule has 1 aliphatic heterocycles. The largest absolute Gasteiger partial charge is 0.504 e. The number of amides is 1. The standard InChI is InChI=1S/C14H18ClNO3/c1-9-5-6-16(11(9)8-15)14(18)10-3-4-13(19-2)12(17)7-10/h3-4,7,9,11,17H,5-6,8H2,1-2H3. The summed E-state index contributed by atoms with van der Waals surface area (Å²) in [6.07, 6.45) is 0.964. The zero-order chi connectivity index (χ0) is 14.0. The zero-order valence-electron chi connectivity index (χ0n) is 11.1. The Morgan fingerprint density at radius 1 is 1.58 bits per heavy atom. The zero-order valence-corrected chi connectivity index (χ0v) is 11.9. The summed E-state index contributed by atoms with van der Waals surface area (Å²) in [6.45, 7) is 2.82. The average Bonchev–Trinajstić information content (AvgIpc) is 2.78. The molecule has 0 saturated carbocycles. The molecule has 1 aromatic carbocycles. The molecular weight excluding hydrogens is 266 g/mol. The van der Waals surface area contributed by atoms with Gasteiger partial charge in [-0.25, -0.2) is 0 Å². The van der Waals surface area contributed by atoms with Crippen LogP contribution in [0, 0.1) is 5.92 Å². The van der Waals surface area contributed by atoms with Crippen molar-refractivity contribution < 1.29 is 14.6 Å². The predicted molar refractivity (Wildman–Crippen MR) is 74.0 cm³/mol. The number of rotatable bonds is 3. The molecule has 1 fully saturated rings. The first kappa shape index (κ1) is 14.0. The first-order valence-corrected chi connectivity index (χ1v) is 6.86. The molecule has 1 amide bonds. The Morgan fingerprint density at radius 3 is 2.89 bits per heavy atom. The number of benzene rings is 1. The number of hydrogen-bond donors (Lipinski definition) is 1. The summed E-state index contributed by atoms with van der Waals surface area (Å²) in [7, 11) is 1.47. The predicted octanol–water partition coefficient (Wildman–Crippen LogP) is 2.49. The molecule has 1 N–H and O–H groups in total. The molecule has 19 heavy (non-hydrogen) atoms. The Kier molecular flexibility index (Phi) is 4.20. The monoisotopic (exact) mass is 283 g/mol. The van der Waals surface area contributed by atoms with Crippen molar-refractivity contribution in [3.63, 3.8) is 0 Å². The van der Waals surface area contributed by atoms with E-state index < -0.39 is 0 Å². The number of halogens is 1. The van der Waals surface area contributed by atoms with Gasteiger partial charge < -0.3 is 14.7 Å². The Morgan fingerprint density at radius 2 is 2.32 bits per heavy atom. The van der Waals surface area contributed by atoms with Crippen LogP contribution in [0.4, 0.5) is 0 Å². The first-order chi connectivity index (χ1) is 9.08. The lowest BCUT2D eigenvalue weighted by molar-refractivity contribution is 0.0736. The minimum absolute atomic E-state index is 0.0250. The van der Waals surface area contributed by atoms with Crippen LogP contribution in [-0.2, 0) is 0 Å². The maximum absolute atomic E-state index is 12.4. The number of hydrogen-bond acceptors (Lipinski definition) is 3. The number of carbonyl (C=O) groups is 1. The maximum atomic E-state index is 12.4. The molecule has 2 rings (SSSR count). The topological polar surface area (TPSA) is 49.8 Å². The van der Waals surface area contributed by atoms with Gasteiger partial charge >= 0.3 is 0 Å². The van der Waals surface area contributed by atoms with Crippen molar-refractivity contribution in [3.05, 3.63) is 23.8 Å². The SMILES string of the molecule is COc1ccc(C(=O)N2CCC(C)C2CCl)cc1O. The number of nitrogens with zero attached hydrogens (tertiary/aromatic N) is 1. The highest BCUT2D eigenvalue weighted by molar-refractivity contribution is 6.18. The van der Waals surface area contributed by atoms with Crippen molar-refractivity contribution in [2.75, 3.05) is 19.5 Å². The van der Waals surface area contributed by atoms with E-state index in [1.165, 1.54) is 13.2 Å². The molecule has 0 bridgehead atoms. The van der Waals surface area contributed by atoms with E-state index in [9.17, 15) is 9.90 Å². The molecule has 0 aliphatic carbocycles. The van der Waals surface area contributed by atoms with Gasteiger partial charge in [0.05, 0.1) is 7.11 Å². The number of likely N-dealkylation sites (tertiary alicyclic amines) is 1. The second kappa shape index (κ2) is 5.70. The molecular formula is C14H18ClNO3. The molecule has 4 nitrogen and oxygen atoms in total. The van der Waals surface area contributed by atoms with Crippen LogP contribution in [0.25, 0.3) is 0 Å². The number of phenolic OH excluding ortho intramolecular Hbond substituents is 1. The van der Waals surface area contributed by atoms with Gasteiger partial charge in [0.25, 0.3) is 5.91 Å². The second-order valence-electron chi connectivity index (χ2n) is 4.87. The Labute approximate surface area is 117 Å². The number of methoxy groups -OCH3 is 1. The molecule has 1 aliphatic rings. The van der Waals surface area contributed by atoms with Crippen molar-refractivity contribution in [1.29, 1.82) is 0 Å². The highest BCUT2D eigenvalue weighted by Gasteiger charge is 2.34. The third-order valence-electron chi connectivity index (χ3n) is 3.73. The number of aromatic hydroxyl groups is 1. The summed E-state index contributed by atoms with van der Waals surface area (Å²) in [5.41, 5.74) is 0.461. The highest BCUT2D eigenvalue weighted by Crippen LogP contribution is 2.30. The first-order valence-electron chi connectivity index (χ1n) is 6.32. The molecule has 0 spiro atoms. The van der Waals surface area contributed by atoms with Gasteiger partial charge in [-0.05, 0) is 30.5 Å². The van der Waals surface area contributed by atoms with E-state index in [0.717, 1.165) is 6.42 Å². The minimum atomic E-state index is -0.0899. The Bertz CT molecular complexity index is 478. The van der Waals surface area contributed by atoms with Crippen molar-refractivity contribution in [1.82, 2.24) is 4.90 Å². The molecule has 0 aromatic heterocycles. The van der Waals surface area contributed by atoms with Gasteiger partial charge in [-0.1, -0.05) is 6.92 Å². The van der Waals surface area contributed by atoms with Crippen LogP contribution in [0.1, 0.15) is 23.7 Å². The van der Waals surface area contributed by atoms with Gasteiger partial charge in [-0.3, -0.25) is 4.79 Å². The number of ether oxygens (including phenoxy) is 1. The quantitative estimate of drug-likeness (QED) is 0.867. The van der Waals surface area contributed by atoms with Crippen molar-refractivity contribution in [2.24, 2.45) is 5.92 Å². The van der Waals surface area contributed by atoms with Crippen molar-refractivity contribution in [2.45, 2.75) is 19.4 Å². The summed E-state index contributed by atoms with van der Waals surface area (Å²) in [5.74, 6) is 1.10. The third kappa shape index (κ3) is 2.63. The van der Waals surface area contributed by atoms with Gasteiger partial charge in [0.1, 0.15) is 0 Å². The van der Waals surface area contributed by atoms with Crippen LogP contribution in [-0.4, -0.2) is 41.5 Å². The fraction of sp³-hybridized carbons (Fsp3) is 0.500. The average molecular weight is 284 g/mol. The van der Waals surface area contributed by atoms with Gasteiger partial charge in [0, 0.05) is 24.0 Å². The number of carbonyl (C=O) groups excluding carboxylic acids is 1. The Hall–Kier alpha value is -1.42. The summed E-state index contributed by atoms with van der Waals surface area (Å²) >= 11 is 5.94.